The zero-order valence-electron chi connectivity index (χ0n) is 7.55. The van der Waals surface area contributed by atoms with Crippen LogP contribution in [0.2, 0.25) is 0 Å². The lowest BCUT2D eigenvalue weighted by Crippen LogP contribution is -2.36. The molecule has 3 unspecified atom stereocenters. The Morgan fingerprint density at radius 1 is 1.50 bits per heavy atom. The third-order valence-electron chi connectivity index (χ3n) is 3.81. The lowest BCUT2D eigenvalue weighted by molar-refractivity contribution is -0.128. The van der Waals surface area contributed by atoms with Gasteiger partial charge in [-0.3, -0.25) is 4.79 Å². The van der Waals surface area contributed by atoms with Gasteiger partial charge in [0, 0.05) is 11.8 Å². The van der Waals surface area contributed by atoms with E-state index in [4.69, 9.17) is 0 Å². The van der Waals surface area contributed by atoms with Crippen molar-refractivity contribution in [1.29, 1.82) is 0 Å². The zero-order chi connectivity index (χ0) is 8.77. The Bertz CT molecular complexity index is 212. The molecule has 1 N–H and O–H groups in total. The molecular formula is C10H16O2. The predicted octanol–water partition coefficient (Wildman–Crippen LogP) is 1.52. The van der Waals surface area contributed by atoms with Crippen molar-refractivity contribution in [1.82, 2.24) is 0 Å². The second-order valence-corrected chi connectivity index (χ2v) is 4.50. The van der Waals surface area contributed by atoms with Gasteiger partial charge in [-0.2, -0.15) is 0 Å². The van der Waals surface area contributed by atoms with E-state index in [1.165, 1.54) is 0 Å². The maximum absolute atomic E-state index is 11.6. The summed E-state index contributed by atoms with van der Waals surface area (Å²) in [6.07, 6.45) is 4.17. The topological polar surface area (TPSA) is 37.3 Å². The van der Waals surface area contributed by atoms with E-state index >= 15 is 0 Å². The Kier molecular flexibility index (Phi) is 1.76. The van der Waals surface area contributed by atoms with Crippen LogP contribution < -0.4 is 0 Å². The highest BCUT2D eigenvalue weighted by Crippen LogP contribution is 2.49. The van der Waals surface area contributed by atoms with Gasteiger partial charge < -0.3 is 5.11 Å². The van der Waals surface area contributed by atoms with Gasteiger partial charge in [0.2, 0.25) is 0 Å². The van der Waals surface area contributed by atoms with Gasteiger partial charge in [-0.15, -0.1) is 0 Å². The first-order valence-corrected chi connectivity index (χ1v) is 4.84. The Balaban J connectivity index is 2.19. The van der Waals surface area contributed by atoms with E-state index < -0.39 is 0 Å². The molecule has 2 fully saturated rings. The number of aliphatic hydroxyl groups is 1. The monoisotopic (exact) mass is 168 g/mol. The highest BCUT2D eigenvalue weighted by atomic mass is 16.3. The maximum atomic E-state index is 11.6. The number of fused-ring (bicyclic) bond motifs is 1. The molecular weight excluding hydrogens is 152 g/mol. The molecule has 2 rings (SSSR count). The van der Waals surface area contributed by atoms with Crippen LogP contribution in [-0.2, 0) is 4.79 Å². The lowest BCUT2D eigenvalue weighted by Gasteiger charge is -2.36. The minimum atomic E-state index is -0.144. The van der Waals surface area contributed by atoms with Crippen LogP contribution >= 0.6 is 0 Å². The summed E-state index contributed by atoms with van der Waals surface area (Å²) in [6, 6.07) is 0. The first-order chi connectivity index (χ1) is 5.63. The van der Waals surface area contributed by atoms with Crippen LogP contribution in [0.15, 0.2) is 0 Å². The van der Waals surface area contributed by atoms with Crippen LogP contribution in [0.3, 0.4) is 0 Å². The van der Waals surface area contributed by atoms with E-state index in [0.717, 1.165) is 32.1 Å². The summed E-state index contributed by atoms with van der Waals surface area (Å²) < 4.78 is 0. The van der Waals surface area contributed by atoms with Crippen LogP contribution in [-0.4, -0.2) is 17.0 Å². The lowest BCUT2D eigenvalue weighted by atomic mass is 9.68. The highest BCUT2D eigenvalue weighted by molar-refractivity contribution is 5.87. The molecule has 2 aliphatic rings. The smallest absolute Gasteiger partial charge is 0.139 e. The molecule has 0 bridgehead atoms. The van der Waals surface area contributed by atoms with Crippen molar-refractivity contribution in [2.75, 3.05) is 0 Å². The Hall–Kier alpha value is -0.370. The molecule has 0 radical (unpaired) electrons. The molecule has 2 saturated carbocycles. The van der Waals surface area contributed by atoms with Crippen molar-refractivity contribution in [2.45, 2.75) is 45.1 Å². The zero-order valence-corrected chi connectivity index (χ0v) is 7.55. The minimum absolute atomic E-state index is 0.0702. The maximum Gasteiger partial charge on any atom is 0.139 e. The van der Waals surface area contributed by atoms with Crippen molar-refractivity contribution < 1.29 is 9.90 Å². The van der Waals surface area contributed by atoms with E-state index in [0.29, 0.717) is 11.7 Å². The highest BCUT2D eigenvalue weighted by Gasteiger charge is 2.48. The minimum Gasteiger partial charge on any atom is -0.393 e. The van der Waals surface area contributed by atoms with Gasteiger partial charge >= 0.3 is 0 Å². The van der Waals surface area contributed by atoms with Crippen LogP contribution in [0.5, 0.6) is 0 Å². The fourth-order valence-corrected chi connectivity index (χ4v) is 2.77. The number of aliphatic hydroxyl groups excluding tert-OH is 1. The van der Waals surface area contributed by atoms with E-state index in [9.17, 15) is 9.90 Å². The largest absolute Gasteiger partial charge is 0.393 e. The number of hydrogen-bond acceptors (Lipinski definition) is 2. The van der Waals surface area contributed by atoms with Gasteiger partial charge in [-0.05, 0) is 31.6 Å². The second kappa shape index (κ2) is 2.56. The van der Waals surface area contributed by atoms with Crippen LogP contribution in [0.4, 0.5) is 0 Å². The van der Waals surface area contributed by atoms with E-state index in [1.54, 1.807) is 0 Å². The number of Topliss-reactive ketones (excluding diaryl/α,β-unsaturated/α-hetero) is 1. The second-order valence-electron chi connectivity index (χ2n) is 4.50. The van der Waals surface area contributed by atoms with Crippen LogP contribution in [0, 0.1) is 11.3 Å². The summed E-state index contributed by atoms with van der Waals surface area (Å²) in [7, 11) is 0. The SMILES string of the molecule is CC12CCC(O)CC1CCC2=O. The fraction of sp³-hybridized carbons (Fsp3) is 0.900. The van der Waals surface area contributed by atoms with Crippen molar-refractivity contribution in [3.8, 4) is 0 Å². The molecule has 0 saturated heterocycles. The molecule has 0 spiro atoms. The first-order valence-electron chi connectivity index (χ1n) is 4.84. The number of carbonyl (C=O) groups excluding carboxylic acids is 1. The summed E-state index contributed by atoms with van der Waals surface area (Å²) in [5.41, 5.74) is -0.0702. The summed E-state index contributed by atoms with van der Waals surface area (Å²) in [6.45, 7) is 2.08. The van der Waals surface area contributed by atoms with Gasteiger partial charge in [-0.1, -0.05) is 6.92 Å². The molecule has 2 aliphatic carbocycles. The molecule has 0 aromatic heterocycles. The van der Waals surface area contributed by atoms with Gasteiger partial charge in [0.1, 0.15) is 5.78 Å². The van der Waals surface area contributed by atoms with E-state index in [-0.39, 0.29) is 11.5 Å². The normalized spacial score (nSPS) is 47.7. The summed E-state index contributed by atoms with van der Waals surface area (Å²) in [5, 5.41) is 9.45. The molecule has 0 aromatic carbocycles. The molecule has 0 amide bonds. The Morgan fingerprint density at radius 2 is 2.25 bits per heavy atom. The number of hydrogen-bond donors (Lipinski definition) is 1. The third-order valence-corrected chi connectivity index (χ3v) is 3.81. The standard InChI is InChI=1S/C10H16O2/c1-10-5-4-8(11)6-7(10)2-3-9(10)12/h7-8,11H,2-6H2,1H3. The van der Waals surface area contributed by atoms with E-state index in [2.05, 4.69) is 6.92 Å². The van der Waals surface area contributed by atoms with Crippen molar-refractivity contribution in [3.63, 3.8) is 0 Å². The predicted molar refractivity (Wildman–Crippen MR) is 45.7 cm³/mol. The molecule has 2 nitrogen and oxygen atoms in total. The first kappa shape index (κ1) is 8.24. The molecule has 0 heterocycles. The third kappa shape index (κ3) is 1.01. The summed E-state index contributed by atoms with van der Waals surface area (Å²) >= 11 is 0. The van der Waals surface area contributed by atoms with Gasteiger partial charge in [-0.25, -0.2) is 0 Å². The van der Waals surface area contributed by atoms with Crippen molar-refractivity contribution in [2.24, 2.45) is 11.3 Å². The molecule has 68 valence electrons. The number of ketones is 1. The summed E-state index contributed by atoms with van der Waals surface area (Å²) in [5.74, 6) is 0.896. The number of carbonyl (C=O) groups is 1. The van der Waals surface area contributed by atoms with Gasteiger partial charge in [0.05, 0.1) is 6.10 Å². The Labute approximate surface area is 73.0 Å². The molecule has 0 aliphatic heterocycles. The van der Waals surface area contributed by atoms with Crippen LogP contribution in [0.25, 0.3) is 0 Å². The van der Waals surface area contributed by atoms with E-state index in [1.807, 2.05) is 0 Å². The quantitative estimate of drug-likeness (QED) is 0.595. The summed E-state index contributed by atoms with van der Waals surface area (Å²) in [4.78, 5) is 11.6. The van der Waals surface area contributed by atoms with Gasteiger partial charge in [0.25, 0.3) is 0 Å². The molecule has 3 atom stereocenters. The van der Waals surface area contributed by atoms with Gasteiger partial charge in [0.15, 0.2) is 0 Å². The van der Waals surface area contributed by atoms with Crippen molar-refractivity contribution >= 4 is 5.78 Å². The van der Waals surface area contributed by atoms with Crippen LogP contribution in [0.1, 0.15) is 39.0 Å². The van der Waals surface area contributed by atoms with Crippen molar-refractivity contribution in [3.05, 3.63) is 0 Å². The Morgan fingerprint density at radius 3 is 3.00 bits per heavy atom. The molecule has 2 heteroatoms. The number of rotatable bonds is 0. The molecule has 12 heavy (non-hydrogen) atoms. The molecule has 0 aromatic rings. The average Bonchev–Trinajstić information content (AvgIpc) is 2.31. The average molecular weight is 168 g/mol. The fourth-order valence-electron chi connectivity index (χ4n) is 2.77.